The molecule has 0 atom stereocenters. The molecule has 0 saturated carbocycles. The highest BCUT2D eigenvalue weighted by molar-refractivity contribution is 5.49. The third kappa shape index (κ3) is 2.37. The molecule has 0 bridgehead atoms. The summed E-state index contributed by atoms with van der Waals surface area (Å²) in [6, 6.07) is 3.96. The summed E-state index contributed by atoms with van der Waals surface area (Å²) in [6.07, 6.45) is 5.38. The van der Waals surface area contributed by atoms with Crippen LogP contribution in [0.25, 0.3) is 5.65 Å². The molecule has 0 aliphatic carbocycles. The Labute approximate surface area is 110 Å². The Hall–Kier alpha value is -2.50. The average molecular weight is 254 g/mol. The van der Waals surface area contributed by atoms with Gasteiger partial charge in [0.05, 0.1) is 24.1 Å². The van der Waals surface area contributed by atoms with Crippen LogP contribution in [-0.4, -0.2) is 24.6 Å². The summed E-state index contributed by atoms with van der Waals surface area (Å²) < 4.78 is 1.76. The van der Waals surface area contributed by atoms with E-state index in [9.17, 15) is 0 Å². The lowest BCUT2D eigenvalue weighted by Gasteiger charge is -2.00. The van der Waals surface area contributed by atoms with Gasteiger partial charge in [-0.05, 0) is 25.5 Å². The lowest BCUT2D eigenvalue weighted by molar-refractivity contribution is 0.929. The van der Waals surface area contributed by atoms with Gasteiger partial charge in [-0.2, -0.15) is 4.98 Å². The summed E-state index contributed by atoms with van der Waals surface area (Å²) in [5, 5.41) is 7.50. The Morgan fingerprint density at radius 1 is 1.21 bits per heavy atom. The van der Waals surface area contributed by atoms with Gasteiger partial charge in [-0.25, -0.2) is 4.52 Å². The van der Waals surface area contributed by atoms with E-state index in [4.69, 9.17) is 0 Å². The van der Waals surface area contributed by atoms with E-state index in [1.165, 1.54) is 0 Å². The van der Waals surface area contributed by atoms with Crippen LogP contribution < -0.4 is 5.32 Å². The third-order valence-electron chi connectivity index (χ3n) is 2.82. The first-order valence-electron chi connectivity index (χ1n) is 6.06. The zero-order chi connectivity index (χ0) is 13.2. The van der Waals surface area contributed by atoms with Crippen LogP contribution in [-0.2, 0) is 6.54 Å². The Balaban J connectivity index is 1.78. The van der Waals surface area contributed by atoms with E-state index in [-0.39, 0.29) is 0 Å². The van der Waals surface area contributed by atoms with Crippen molar-refractivity contribution in [2.24, 2.45) is 0 Å². The van der Waals surface area contributed by atoms with Gasteiger partial charge in [0, 0.05) is 12.4 Å². The maximum atomic E-state index is 4.44. The van der Waals surface area contributed by atoms with Gasteiger partial charge >= 0.3 is 0 Å². The fourth-order valence-corrected chi connectivity index (χ4v) is 1.79. The number of rotatable bonds is 3. The molecule has 1 N–H and O–H groups in total. The summed E-state index contributed by atoms with van der Waals surface area (Å²) in [5.41, 5.74) is 3.73. The fourth-order valence-electron chi connectivity index (χ4n) is 1.79. The minimum absolute atomic E-state index is 0.559. The molecule has 0 radical (unpaired) electrons. The van der Waals surface area contributed by atoms with E-state index in [1.54, 1.807) is 16.9 Å². The SMILES string of the molecule is Cc1cnc(CNc2nc3c(C)cccn3n2)cn1. The van der Waals surface area contributed by atoms with E-state index in [1.807, 2.05) is 32.2 Å². The molecule has 3 rings (SSSR count). The van der Waals surface area contributed by atoms with Crippen molar-refractivity contribution >= 4 is 11.6 Å². The van der Waals surface area contributed by atoms with E-state index in [0.29, 0.717) is 12.5 Å². The molecule has 3 aromatic rings. The average Bonchev–Trinajstić information content (AvgIpc) is 2.83. The van der Waals surface area contributed by atoms with Crippen molar-refractivity contribution < 1.29 is 0 Å². The Bertz CT molecular complexity index is 701. The molecule has 0 aliphatic heterocycles. The molecular weight excluding hydrogens is 240 g/mol. The smallest absolute Gasteiger partial charge is 0.243 e. The van der Waals surface area contributed by atoms with Gasteiger partial charge in [0.25, 0.3) is 0 Å². The molecule has 0 aliphatic rings. The van der Waals surface area contributed by atoms with Gasteiger partial charge < -0.3 is 5.32 Å². The first-order chi connectivity index (χ1) is 9.22. The van der Waals surface area contributed by atoms with Crippen LogP contribution in [0.15, 0.2) is 30.7 Å². The molecule has 19 heavy (non-hydrogen) atoms. The lowest BCUT2D eigenvalue weighted by Crippen LogP contribution is -2.04. The van der Waals surface area contributed by atoms with Gasteiger partial charge in [-0.3, -0.25) is 9.97 Å². The molecular formula is C13H14N6. The van der Waals surface area contributed by atoms with Crippen molar-refractivity contribution in [1.82, 2.24) is 24.6 Å². The summed E-state index contributed by atoms with van der Waals surface area (Å²) in [6.45, 7) is 4.49. The number of aryl methyl sites for hydroxylation is 2. The molecule has 3 aromatic heterocycles. The quantitative estimate of drug-likeness (QED) is 0.771. The molecule has 0 fully saturated rings. The van der Waals surface area contributed by atoms with Gasteiger partial charge in [-0.15, -0.1) is 5.10 Å². The normalized spacial score (nSPS) is 10.8. The first-order valence-corrected chi connectivity index (χ1v) is 6.06. The number of nitrogens with one attached hydrogen (secondary N) is 1. The lowest BCUT2D eigenvalue weighted by atomic mass is 10.3. The minimum Gasteiger partial charge on any atom is -0.347 e. The first kappa shape index (κ1) is 11.6. The summed E-state index contributed by atoms with van der Waals surface area (Å²) >= 11 is 0. The van der Waals surface area contributed by atoms with Crippen molar-refractivity contribution in [3.63, 3.8) is 0 Å². The van der Waals surface area contributed by atoms with Crippen molar-refractivity contribution in [2.75, 3.05) is 5.32 Å². The van der Waals surface area contributed by atoms with Crippen LogP contribution in [0.1, 0.15) is 17.0 Å². The third-order valence-corrected chi connectivity index (χ3v) is 2.82. The van der Waals surface area contributed by atoms with Crippen LogP contribution >= 0.6 is 0 Å². The van der Waals surface area contributed by atoms with Gasteiger partial charge in [0.2, 0.25) is 5.95 Å². The zero-order valence-electron chi connectivity index (χ0n) is 10.8. The Morgan fingerprint density at radius 3 is 2.84 bits per heavy atom. The summed E-state index contributed by atoms with van der Waals surface area (Å²) in [7, 11) is 0. The minimum atomic E-state index is 0.559. The van der Waals surface area contributed by atoms with E-state index in [0.717, 1.165) is 22.6 Å². The standard InChI is InChI=1S/C13H14N6/c1-9-4-3-5-19-12(9)17-13(18-19)16-8-11-7-14-10(2)6-15-11/h3-7H,8H2,1-2H3,(H,16,18). The number of anilines is 1. The van der Waals surface area contributed by atoms with Crippen molar-refractivity contribution in [3.05, 3.63) is 47.7 Å². The number of aromatic nitrogens is 5. The molecule has 0 aromatic carbocycles. The molecule has 3 heterocycles. The van der Waals surface area contributed by atoms with Gasteiger partial charge in [0.1, 0.15) is 0 Å². The molecule has 0 unspecified atom stereocenters. The van der Waals surface area contributed by atoms with E-state index < -0.39 is 0 Å². The van der Waals surface area contributed by atoms with Crippen LogP contribution in [0.3, 0.4) is 0 Å². The maximum Gasteiger partial charge on any atom is 0.243 e. The fraction of sp³-hybridized carbons (Fsp3) is 0.231. The maximum absolute atomic E-state index is 4.44. The Kier molecular flexibility index (Phi) is 2.83. The number of hydrogen-bond acceptors (Lipinski definition) is 5. The van der Waals surface area contributed by atoms with Crippen LogP contribution in [0.2, 0.25) is 0 Å². The van der Waals surface area contributed by atoms with Crippen molar-refractivity contribution in [1.29, 1.82) is 0 Å². The predicted molar refractivity (Wildman–Crippen MR) is 71.8 cm³/mol. The van der Waals surface area contributed by atoms with Crippen molar-refractivity contribution in [3.8, 4) is 0 Å². The topological polar surface area (TPSA) is 68.0 Å². The number of nitrogens with zero attached hydrogens (tertiary/aromatic N) is 5. The van der Waals surface area contributed by atoms with Gasteiger partial charge in [0.15, 0.2) is 5.65 Å². The zero-order valence-corrected chi connectivity index (χ0v) is 10.8. The molecule has 0 saturated heterocycles. The number of fused-ring (bicyclic) bond motifs is 1. The second-order valence-corrected chi connectivity index (χ2v) is 4.40. The van der Waals surface area contributed by atoms with Gasteiger partial charge in [-0.1, -0.05) is 6.07 Å². The van der Waals surface area contributed by atoms with Crippen LogP contribution in [0, 0.1) is 13.8 Å². The second-order valence-electron chi connectivity index (χ2n) is 4.40. The highest BCUT2D eigenvalue weighted by Crippen LogP contribution is 2.10. The van der Waals surface area contributed by atoms with Crippen LogP contribution in [0.5, 0.6) is 0 Å². The van der Waals surface area contributed by atoms with Crippen LogP contribution in [0.4, 0.5) is 5.95 Å². The molecule has 0 amide bonds. The molecule has 6 heteroatoms. The van der Waals surface area contributed by atoms with E-state index in [2.05, 4.69) is 25.4 Å². The van der Waals surface area contributed by atoms with Crippen molar-refractivity contribution in [2.45, 2.75) is 20.4 Å². The highest BCUT2D eigenvalue weighted by atomic mass is 15.3. The number of pyridine rings is 1. The molecule has 6 nitrogen and oxygen atoms in total. The van der Waals surface area contributed by atoms with E-state index >= 15 is 0 Å². The monoisotopic (exact) mass is 254 g/mol. The summed E-state index contributed by atoms with van der Waals surface area (Å²) in [4.78, 5) is 12.9. The predicted octanol–water partition coefficient (Wildman–Crippen LogP) is 1.75. The molecule has 0 spiro atoms. The second kappa shape index (κ2) is 4.64. The molecule has 96 valence electrons. The largest absolute Gasteiger partial charge is 0.347 e. The summed E-state index contributed by atoms with van der Waals surface area (Å²) in [5.74, 6) is 0.594. The number of hydrogen-bond donors (Lipinski definition) is 1. The highest BCUT2D eigenvalue weighted by Gasteiger charge is 2.05. The Morgan fingerprint density at radius 2 is 2.11 bits per heavy atom.